The fourth-order valence-electron chi connectivity index (χ4n) is 2.39. The molecule has 0 fully saturated rings. The highest BCUT2D eigenvalue weighted by molar-refractivity contribution is 7.87. The molecule has 0 saturated heterocycles. The molecule has 0 bridgehead atoms. The summed E-state index contributed by atoms with van der Waals surface area (Å²) in [7, 11) is -2.29. The number of rotatable bonds is 5. The molecule has 0 radical (unpaired) electrons. The molecule has 0 amide bonds. The first-order chi connectivity index (χ1) is 11.8. The molecule has 2 aromatic carbocycles. The highest BCUT2D eigenvalue weighted by Gasteiger charge is 2.22. The third-order valence-electron chi connectivity index (χ3n) is 3.80. The van der Waals surface area contributed by atoms with Crippen LogP contribution in [0.25, 0.3) is 0 Å². The van der Waals surface area contributed by atoms with Crippen LogP contribution in [0.5, 0.6) is 5.75 Å². The third kappa shape index (κ3) is 4.03. The molecule has 3 rings (SSSR count). The van der Waals surface area contributed by atoms with E-state index in [-0.39, 0.29) is 10.8 Å². The first kappa shape index (κ1) is 17.5. The molecule has 0 N–H and O–H groups in total. The molecule has 130 valence electrons. The summed E-state index contributed by atoms with van der Waals surface area (Å²) in [6, 6.07) is 14.6. The molecule has 0 spiro atoms. The summed E-state index contributed by atoms with van der Waals surface area (Å²) >= 11 is 6.07. The Bertz CT molecular complexity index is 979. The van der Waals surface area contributed by atoms with E-state index in [0.29, 0.717) is 22.8 Å². The average Bonchev–Trinajstić information content (AvgIpc) is 2.91. The van der Waals surface area contributed by atoms with Crippen LogP contribution in [0.3, 0.4) is 0 Å². The molecule has 5 nitrogen and oxygen atoms in total. The van der Waals surface area contributed by atoms with Crippen LogP contribution in [0.15, 0.2) is 59.8 Å². The minimum atomic E-state index is -4.02. The van der Waals surface area contributed by atoms with Crippen LogP contribution in [-0.2, 0) is 23.6 Å². The average molecular weight is 377 g/mol. The molecule has 0 saturated carbocycles. The zero-order valence-electron chi connectivity index (χ0n) is 13.8. The van der Waals surface area contributed by atoms with Crippen LogP contribution >= 0.6 is 11.6 Å². The number of nitrogens with zero attached hydrogens (tertiary/aromatic N) is 2. The second-order valence-corrected chi connectivity index (χ2v) is 7.62. The van der Waals surface area contributed by atoms with Crippen molar-refractivity contribution in [2.24, 2.45) is 7.05 Å². The fourth-order valence-corrected chi connectivity index (χ4v) is 3.60. The standard InChI is InChI=1S/C18H17ClN2O3S/c1-13-20-18(12-21(13)2)25(22,23)24-17-9-8-16(19)11-15(17)10-14-6-4-3-5-7-14/h3-9,11-12H,10H2,1-2H3. The smallest absolute Gasteiger partial charge is 0.358 e. The van der Waals surface area contributed by atoms with Crippen LogP contribution in [0.1, 0.15) is 17.0 Å². The number of benzene rings is 2. The zero-order chi connectivity index (χ0) is 18.0. The monoisotopic (exact) mass is 376 g/mol. The quantitative estimate of drug-likeness (QED) is 0.636. The van der Waals surface area contributed by atoms with Gasteiger partial charge in [-0.2, -0.15) is 8.42 Å². The maximum absolute atomic E-state index is 12.5. The highest BCUT2D eigenvalue weighted by atomic mass is 35.5. The van der Waals surface area contributed by atoms with Gasteiger partial charge in [0.05, 0.1) is 0 Å². The Balaban J connectivity index is 1.94. The number of aromatic nitrogens is 2. The van der Waals surface area contributed by atoms with E-state index < -0.39 is 10.1 Å². The molecule has 1 heterocycles. The number of imidazole rings is 1. The third-order valence-corrected chi connectivity index (χ3v) is 5.15. The van der Waals surface area contributed by atoms with Gasteiger partial charge in [0, 0.05) is 30.3 Å². The van der Waals surface area contributed by atoms with E-state index in [1.807, 2.05) is 30.3 Å². The van der Waals surface area contributed by atoms with E-state index in [1.54, 1.807) is 36.7 Å². The second-order valence-electron chi connectivity index (χ2n) is 5.69. The van der Waals surface area contributed by atoms with Gasteiger partial charge in [0.2, 0.25) is 5.03 Å². The fraction of sp³-hybridized carbons (Fsp3) is 0.167. The summed E-state index contributed by atoms with van der Waals surface area (Å²) in [6.07, 6.45) is 1.94. The van der Waals surface area contributed by atoms with Gasteiger partial charge in [-0.1, -0.05) is 41.9 Å². The molecule has 0 aliphatic rings. The van der Waals surface area contributed by atoms with Crippen molar-refractivity contribution < 1.29 is 12.6 Å². The van der Waals surface area contributed by atoms with Crippen LogP contribution in [0.2, 0.25) is 5.02 Å². The molecular formula is C18H17ClN2O3S. The van der Waals surface area contributed by atoms with Crippen molar-refractivity contribution in [3.8, 4) is 5.75 Å². The summed E-state index contributed by atoms with van der Waals surface area (Å²) in [5.41, 5.74) is 1.72. The van der Waals surface area contributed by atoms with Gasteiger partial charge >= 0.3 is 10.1 Å². The number of hydrogen-bond donors (Lipinski definition) is 0. The van der Waals surface area contributed by atoms with Crippen LogP contribution < -0.4 is 4.18 Å². The molecule has 0 aliphatic heterocycles. The number of aryl methyl sites for hydroxylation is 2. The Kier molecular flexibility index (Phi) is 4.83. The predicted molar refractivity (Wildman–Crippen MR) is 96.5 cm³/mol. The topological polar surface area (TPSA) is 61.2 Å². The largest absolute Gasteiger partial charge is 0.378 e. The summed E-state index contributed by atoms with van der Waals surface area (Å²) in [5, 5.41) is 0.400. The van der Waals surface area contributed by atoms with Crippen molar-refractivity contribution in [3.05, 3.63) is 76.7 Å². The SMILES string of the molecule is Cc1nc(S(=O)(=O)Oc2ccc(Cl)cc2Cc2ccccc2)cn1C. The lowest BCUT2D eigenvalue weighted by atomic mass is 10.0. The van der Waals surface area contributed by atoms with Gasteiger partial charge in [0.25, 0.3) is 0 Å². The molecule has 0 aliphatic carbocycles. The van der Waals surface area contributed by atoms with E-state index in [9.17, 15) is 8.42 Å². The van der Waals surface area contributed by atoms with E-state index in [2.05, 4.69) is 4.98 Å². The van der Waals surface area contributed by atoms with Gasteiger partial charge in [0.1, 0.15) is 11.6 Å². The van der Waals surface area contributed by atoms with Crippen molar-refractivity contribution in [2.75, 3.05) is 0 Å². The maximum Gasteiger partial charge on any atom is 0.358 e. The minimum absolute atomic E-state index is 0.117. The van der Waals surface area contributed by atoms with Crippen molar-refractivity contribution >= 4 is 21.7 Å². The zero-order valence-corrected chi connectivity index (χ0v) is 15.4. The number of hydrogen-bond acceptors (Lipinski definition) is 4. The normalized spacial score (nSPS) is 11.5. The molecule has 3 aromatic rings. The van der Waals surface area contributed by atoms with Crippen molar-refractivity contribution in [3.63, 3.8) is 0 Å². The van der Waals surface area contributed by atoms with E-state index in [1.165, 1.54) is 6.20 Å². The van der Waals surface area contributed by atoms with E-state index in [0.717, 1.165) is 5.56 Å². The molecule has 0 atom stereocenters. The highest BCUT2D eigenvalue weighted by Crippen LogP contribution is 2.28. The molecular weight excluding hydrogens is 360 g/mol. The van der Waals surface area contributed by atoms with Gasteiger partial charge in [-0.3, -0.25) is 0 Å². The Hall–Kier alpha value is -2.31. The van der Waals surface area contributed by atoms with Gasteiger partial charge < -0.3 is 8.75 Å². The van der Waals surface area contributed by atoms with Crippen molar-refractivity contribution in [2.45, 2.75) is 18.4 Å². The number of halogens is 1. The lowest BCUT2D eigenvalue weighted by molar-refractivity contribution is 0.480. The first-order valence-corrected chi connectivity index (χ1v) is 9.40. The van der Waals surface area contributed by atoms with E-state index >= 15 is 0 Å². The summed E-state index contributed by atoms with van der Waals surface area (Å²) < 4.78 is 32.0. The molecule has 1 aromatic heterocycles. The van der Waals surface area contributed by atoms with Gasteiger partial charge in [-0.05, 0) is 30.7 Å². The predicted octanol–water partition coefficient (Wildman–Crippen LogP) is 3.74. The Morgan fingerprint density at radius 3 is 2.52 bits per heavy atom. The van der Waals surface area contributed by atoms with Gasteiger partial charge in [-0.15, -0.1) is 0 Å². The summed E-state index contributed by atoms with van der Waals surface area (Å²) in [6.45, 7) is 1.72. The Morgan fingerprint density at radius 2 is 1.88 bits per heavy atom. The van der Waals surface area contributed by atoms with Gasteiger partial charge in [0.15, 0.2) is 0 Å². The minimum Gasteiger partial charge on any atom is -0.378 e. The van der Waals surface area contributed by atoms with Crippen LogP contribution in [0, 0.1) is 6.92 Å². The molecule has 7 heteroatoms. The van der Waals surface area contributed by atoms with Crippen molar-refractivity contribution in [1.82, 2.24) is 9.55 Å². The molecule has 0 unspecified atom stereocenters. The van der Waals surface area contributed by atoms with Gasteiger partial charge in [-0.25, -0.2) is 4.98 Å². The summed E-state index contributed by atoms with van der Waals surface area (Å²) in [5.74, 6) is 0.833. The van der Waals surface area contributed by atoms with E-state index in [4.69, 9.17) is 15.8 Å². The second kappa shape index (κ2) is 6.90. The lowest BCUT2D eigenvalue weighted by Crippen LogP contribution is -2.11. The summed E-state index contributed by atoms with van der Waals surface area (Å²) in [4.78, 5) is 4.03. The Labute approximate surface area is 152 Å². The van der Waals surface area contributed by atoms with Crippen molar-refractivity contribution in [1.29, 1.82) is 0 Å². The maximum atomic E-state index is 12.5. The van der Waals surface area contributed by atoms with Crippen LogP contribution in [0.4, 0.5) is 0 Å². The first-order valence-electron chi connectivity index (χ1n) is 7.62. The Morgan fingerprint density at radius 1 is 1.16 bits per heavy atom. The van der Waals surface area contributed by atoms with Crippen LogP contribution in [-0.4, -0.2) is 18.0 Å². The lowest BCUT2D eigenvalue weighted by Gasteiger charge is -2.11. The molecule has 25 heavy (non-hydrogen) atoms.